The molecule has 0 radical (unpaired) electrons. The van der Waals surface area contributed by atoms with E-state index in [2.05, 4.69) is 0 Å². The van der Waals surface area contributed by atoms with Gasteiger partial charge in [-0.05, 0) is 38.5 Å². The highest BCUT2D eigenvalue weighted by molar-refractivity contribution is 5.87. The molecule has 2 fully saturated rings. The molecule has 0 aromatic carbocycles. The number of rotatable bonds is 5. The zero-order valence-corrected chi connectivity index (χ0v) is 13.0. The molecule has 5 heteroatoms. The van der Waals surface area contributed by atoms with Gasteiger partial charge in [-0.2, -0.15) is 0 Å². The molecule has 1 atom stereocenters. The topological polar surface area (TPSA) is 66.8 Å². The summed E-state index contributed by atoms with van der Waals surface area (Å²) in [5.41, 5.74) is -0.983. The standard InChI is InChI=1S/C16H27NO4/c1-17(16(15(19)20)10-4-2-5-11-16)14(18)9-8-13-7-3-6-12-21-13/h13H,2-12H2,1H3,(H,19,20). The van der Waals surface area contributed by atoms with Crippen molar-refractivity contribution in [2.75, 3.05) is 13.7 Å². The van der Waals surface area contributed by atoms with Gasteiger partial charge in [0.2, 0.25) is 5.91 Å². The van der Waals surface area contributed by atoms with E-state index in [-0.39, 0.29) is 12.0 Å². The van der Waals surface area contributed by atoms with Crippen molar-refractivity contribution in [1.82, 2.24) is 4.90 Å². The molecule has 2 rings (SSSR count). The fourth-order valence-corrected chi connectivity index (χ4v) is 3.56. The predicted molar refractivity (Wildman–Crippen MR) is 79.0 cm³/mol. The number of hydrogen-bond acceptors (Lipinski definition) is 3. The van der Waals surface area contributed by atoms with Gasteiger partial charge in [0.15, 0.2) is 0 Å². The van der Waals surface area contributed by atoms with Crippen molar-refractivity contribution in [2.24, 2.45) is 0 Å². The number of nitrogens with zero attached hydrogens (tertiary/aromatic N) is 1. The van der Waals surface area contributed by atoms with Gasteiger partial charge in [0.05, 0.1) is 6.10 Å². The number of aliphatic carboxylic acids is 1. The molecule has 1 unspecified atom stereocenters. The van der Waals surface area contributed by atoms with Crippen molar-refractivity contribution in [2.45, 2.75) is 75.9 Å². The van der Waals surface area contributed by atoms with Crippen LogP contribution in [0.2, 0.25) is 0 Å². The minimum atomic E-state index is -0.983. The second-order valence-corrected chi connectivity index (χ2v) is 6.38. The number of likely N-dealkylation sites (N-methyl/N-ethyl adjacent to an activating group) is 1. The lowest BCUT2D eigenvalue weighted by molar-refractivity contribution is -0.160. The number of ether oxygens (including phenoxy) is 1. The van der Waals surface area contributed by atoms with Crippen LogP contribution in [0.15, 0.2) is 0 Å². The van der Waals surface area contributed by atoms with Gasteiger partial charge in [-0.1, -0.05) is 19.3 Å². The lowest BCUT2D eigenvalue weighted by Crippen LogP contribution is -2.56. The van der Waals surface area contributed by atoms with Crippen molar-refractivity contribution in [3.8, 4) is 0 Å². The van der Waals surface area contributed by atoms with Crippen LogP contribution in [0.5, 0.6) is 0 Å². The van der Waals surface area contributed by atoms with Crippen molar-refractivity contribution < 1.29 is 19.4 Å². The fourth-order valence-electron chi connectivity index (χ4n) is 3.56. The van der Waals surface area contributed by atoms with Crippen LogP contribution in [-0.2, 0) is 14.3 Å². The van der Waals surface area contributed by atoms with E-state index in [1.807, 2.05) is 0 Å². The van der Waals surface area contributed by atoms with Crippen LogP contribution in [0.3, 0.4) is 0 Å². The number of hydrogen-bond donors (Lipinski definition) is 1. The molecule has 5 nitrogen and oxygen atoms in total. The van der Waals surface area contributed by atoms with Gasteiger partial charge >= 0.3 is 5.97 Å². The summed E-state index contributed by atoms with van der Waals surface area (Å²) in [6.07, 6.45) is 8.52. The Hall–Kier alpha value is -1.10. The molecule has 120 valence electrons. The van der Waals surface area contributed by atoms with E-state index >= 15 is 0 Å². The summed E-state index contributed by atoms with van der Waals surface area (Å²) in [4.78, 5) is 25.6. The summed E-state index contributed by atoms with van der Waals surface area (Å²) in [5.74, 6) is -0.916. The maximum atomic E-state index is 12.4. The predicted octanol–water partition coefficient (Wildman–Crippen LogP) is 2.58. The summed E-state index contributed by atoms with van der Waals surface area (Å²) < 4.78 is 5.64. The first-order valence-electron chi connectivity index (χ1n) is 8.18. The number of carboxylic acid groups (broad SMARTS) is 1. The van der Waals surface area contributed by atoms with Crippen molar-refractivity contribution in [1.29, 1.82) is 0 Å². The minimum absolute atomic E-state index is 0.0616. The van der Waals surface area contributed by atoms with E-state index < -0.39 is 11.5 Å². The highest BCUT2D eigenvalue weighted by Crippen LogP contribution is 2.34. The molecule has 0 spiro atoms. The first-order valence-corrected chi connectivity index (χ1v) is 8.18. The van der Waals surface area contributed by atoms with Crippen LogP contribution >= 0.6 is 0 Å². The van der Waals surface area contributed by atoms with E-state index in [0.717, 1.165) is 45.1 Å². The molecule has 1 saturated carbocycles. The van der Waals surface area contributed by atoms with Crippen LogP contribution in [-0.4, -0.2) is 47.2 Å². The highest BCUT2D eigenvalue weighted by atomic mass is 16.5. The van der Waals surface area contributed by atoms with Crippen LogP contribution in [0, 0.1) is 0 Å². The van der Waals surface area contributed by atoms with Crippen LogP contribution in [0.1, 0.15) is 64.2 Å². The first-order chi connectivity index (χ1) is 10.1. The third-order valence-corrected chi connectivity index (χ3v) is 5.05. The SMILES string of the molecule is CN(C(=O)CCC1CCCCO1)C1(C(=O)O)CCCCC1. The lowest BCUT2D eigenvalue weighted by Gasteiger charge is -2.41. The molecular weight excluding hydrogens is 270 g/mol. The molecule has 1 heterocycles. The van der Waals surface area contributed by atoms with Crippen LogP contribution in [0.4, 0.5) is 0 Å². The van der Waals surface area contributed by atoms with Gasteiger partial charge in [0.25, 0.3) is 0 Å². The Morgan fingerprint density at radius 1 is 1.19 bits per heavy atom. The van der Waals surface area contributed by atoms with E-state index in [4.69, 9.17) is 4.74 Å². The Morgan fingerprint density at radius 3 is 2.48 bits per heavy atom. The molecule has 1 saturated heterocycles. The van der Waals surface area contributed by atoms with Crippen molar-refractivity contribution >= 4 is 11.9 Å². The Morgan fingerprint density at radius 2 is 1.90 bits per heavy atom. The zero-order chi connectivity index (χ0) is 15.3. The number of carbonyl (C=O) groups excluding carboxylic acids is 1. The Labute approximate surface area is 126 Å². The quantitative estimate of drug-likeness (QED) is 0.847. The van der Waals surface area contributed by atoms with E-state index in [9.17, 15) is 14.7 Å². The van der Waals surface area contributed by atoms with Gasteiger partial charge in [0.1, 0.15) is 5.54 Å². The maximum absolute atomic E-state index is 12.4. The fraction of sp³-hybridized carbons (Fsp3) is 0.875. The van der Waals surface area contributed by atoms with Crippen LogP contribution in [0.25, 0.3) is 0 Å². The normalized spacial score (nSPS) is 25.3. The molecule has 0 aromatic rings. The molecular formula is C16H27NO4. The molecule has 1 amide bonds. The monoisotopic (exact) mass is 297 g/mol. The van der Waals surface area contributed by atoms with Crippen molar-refractivity contribution in [3.63, 3.8) is 0 Å². The first kappa shape index (κ1) is 16.3. The summed E-state index contributed by atoms with van der Waals surface area (Å²) in [5, 5.41) is 9.61. The third kappa shape index (κ3) is 3.76. The highest BCUT2D eigenvalue weighted by Gasteiger charge is 2.45. The molecule has 1 N–H and O–H groups in total. The second kappa shape index (κ2) is 7.25. The third-order valence-electron chi connectivity index (χ3n) is 5.05. The molecule has 1 aliphatic carbocycles. The van der Waals surface area contributed by atoms with E-state index in [0.29, 0.717) is 25.7 Å². The summed E-state index contributed by atoms with van der Waals surface area (Å²) >= 11 is 0. The van der Waals surface area contributed by atoms with Crippen LogP contribution < -0.4 is 0 Å². The summed E-state index contributed by atoms with van der Waals surface area (Å²) in [7, 11) is 1.66. The van der Waals surface area contributed by atoms with Gasteiger partial charge in [-0.3, -0.25) is 4.79 Å². The Kier molecular flexibility index (Phi) is 5.62. The summed E-state index contributed by atoms with van der Waals surface area (Å²) in [6, 6.07) is 0. The molecule has 0 aromatic heterocycles. The second-order valence-electron chi connectivity index (χ2n) is 6.38. The summed E-state index contributed by atoms with van der Waals surface area (Å²) in [6.45, 7) is 0.785. The molecule has 21 heavy (non-hydrogen) atoms. The molecule has 2 aliphatic rings. The Bertz CT molecular complexity index is 370. The number of carbonyl (C=O) groups is 2. The minimum Gasteiger partial charge on any atom is -0.479 e. The van der Waals surface area contributed by atoms with E-state index in [1.54, 1.807) is 7.05 Å². The zero-order valence-electron chi connectivity index (χ0n) is 13.0. The number of amides is 1. The Balaban J connectivity index is 1.91. The van der Waals surface area contributed by atoms with Gasteiger partial charge < -0.3 is 14.7 Å². The van der Waals surface area contributed by atoms with Gasteiger partial charge in [0, 0.05) is 20.1 Å². The average Bonchev–Trinajstić information content (AvgIpc) is 2.53. The maximum Gasteiger partial charge on any atom is 0.329 e. The van der Waals surface area contributed by atoms with Crippen molar-refractivity contribution in [3.05, 3.63) is 0 Å². The van der Waals surface area contributed by atoms with Gasteiger partial charge in [-0.15, -0.1) is 0 Å². The average molecular weight is 297 g/mol. The number of carboxylic acids is 1. The molecule has 1 aliphatic heterocycles. The molecule has 0 bridgehead atoms. The largest absolute Gasteiger partial charge is 0.479 e. The van der Waals surface area contributed by atoms with E-state index in [1.165, 1.54) is 4.90 Å². The van der Waals surface area contributed by atoms with Gasteiger partial charge in [-0.25, -0.2) is 4.79 Å². The smallest absolute Gasteiger partial charge is 0.329 e. The lowest BCUT2D eigenvalue weighted by atomic mass is 9.80.